The van der Waals surface area contributed by atoms with Gasteiger partial charge in [0, 0.05) is 42.4 Å². The van der Waals surface area contributed by atoms with Crippen molar-refractivity contribution in [2.24, 2.45) is 0 Å². The number of pyridine rings is 1. The molecule has 0 aliphatic heterocycles. The summed E-state index contributed by atoms with van der Waals surface area (Å²) in [6.45, 7) is 0.635. The monoisotopic (exact) mass is 398 g/mol. The Balaban J connectivity index is 1.48. The van der Waals surface area contributed by atoms with Gasteiger partial charge in [-0.3, -0.25) is 14.8 Å². The first-order chi connectivity index (χ1) is 13.7. The summed E-state index contributed by atoms with van der Waals surface area (Å²) in [4.78, 5) is 23.5. The van der Waals surface area contributed by atoms with E-state index in [9.17, 15) is 9.90 Å². The molecule has 0 aliphatic carbocycles. The van der Waals surface area contributed by atoms with E-state index in [1.165, 1.54) is 0 Å². The second-order valence-electron chi connectivity index (χ2n) is 6.06. The normalized spacial score (nSPS) is 10.6. The molecule has 0 atom stereocenters. The fourth-order valence-electron chi connectivity index (χ4n) is 2.59. The van der Waals surface area contributed by atoms with Crippen molar-refractivity contribution < 1.29 is 9.84 Å². The van der Waals surface area contributed by atoms with Gasteiger partial charge in [-0.15, -0.1) is 0 Å². The molecular weight excluding hydrogens is 376 g/mol. The van der Waals surface area contributed by atoms with E-state index >= 15 is 0 Å². The standard InChI is InChI=1S/C20H22N4O3S/c1-27-16-5-2-4-14(11-16)10-15-12-23-20(24-19(15)26)22-8-9-28-13-17-18(25)6-3-7-21-17/h2-7,11-12,25H,8-10,13H2,1H3,(H2,22,23,24,26). The van der Waals surface area contributed by atoms with Crippen LogP contribution in [0.1, 0.15) is 16.8 Å². The Bertz CT molecular complexity index is 977. The van der Waals surface area contributed by atoms with E-state index in [4.69, 9.17) is 4.74 Å². The first-order valence-electron chi connectivity index (χ1n) is 8.81. The Morgan fingerprint density at radius 2 is 2.14 bits per heavy atom. The van der Waals surface area contributed by atoms with Crippen molar-refractivity contribution in [1.29, 1.82) is 0 Å². The van der Waals surface area contributed by atoms with Gasteiger partial charge in [-0.25, -0.2) is 4.98 Å². The highest BCUT2D eigenvalue weighted by Crippen LogP contribution is 2.19. The summed E-state index contributed by atoms with van der Waals surface area (Å²) < 4.78 is 5.21. The minimum Gasteiger partial charge on any atom is -0.506 e. The summed E-state index contributed by atoms with van der Waals surface area (Å²) in [5, 5.41) is 12.8. The van der Waals surface area contributed by atoms with Crippen LogP contribution >= 0.6 is 11.8 Å². The molecule has 0 saturated heterocycles. The summed E-state index contributed by atoms with van der Waals surface area (Å²) in [7, 11) is 1.62. The second kappa shape index (κ2) is 9.80. The van der Waals surface area contributed by atoms with Gasteiger partial charge in [0.05, 0.1) is 12.8 Å². The maximum absolute atomic E-state index is 12.3. The highest BCUT2D eigenvalue weighted by atomic mass is 32.2. The fourth-order valence-corrected chi connectivity index (χ4v) is 3.40. The third-order valence-electron chi connectivity index (χ3n) is 4.05. The number of hydrogen-bond acceptors (Lipinski definition) is 7. The molecule has 0 aliphatic rings. The van der Waals surface area contributed by atoms with E-state index in [2.05, 4.69) is 20.3 Å². The minimum absolute atomic E-state index is 0.161. The van der Waals surface area contributed by atoms with Gasteiger partial charge in [-0.05, 0) is 29.8 Å². The van der Waals surface area contributed by atoms with Crippen LogP contribution < -0.4 is 15.6 Å². The molecule has 3 N–H and O–H groups in total. The van der Waals surface area contributed by atoms with Crippen LogP contribution in [0.4, 0.5) is 5.95 Å². The van der Waals surface area contributed by atoms with Crippen LogP contribution in [0.3, 0.4) is 0 Å². The Hall–Kier alpha value is -3.00. The van der Waals surface area contributed by atoms with Gasteiger partial charge in [0.15, 0.2) is 0 Å². The first-order valence-corrected chi connectivity index (χ1v) is 9.97. The predicted octanol–water partition coefficient (Wildman–Crippen LogP) is 2.82. The van der Waals surface area contributed by atoms with Gasteiger partial charge in [-0.1, -0.05) is 12.1 Å². The molecule has 7 nitrogen and oxygen atoms in total. The smallest absolute Gasteiger partial charge is 0.255 e. The van der Waals surface area contributed by atoms with Gasteiger partial charge in [0.1, 0.15) is 11.5 Å². The SMILES string of the molecule is COc1cccc(Cc2cnc(NCCSCc3ncccc3O)[nH]c2=O)c1. The lowest BCUT2D eigenvalue weighted by molar-refractivity contribution is 0.414. The molecule has 0 spiro atoms. The first kappa shape index (κ1) is 19.8. The van der Waals surface area contributed by atoms with Crippen molar-refractivity contribution in [2.75, 3.05) is 24.7 Å². The van der Waals surface area contributed by atoms with Crippen molar-refractivity contribution in [1.82, 2.24) is 15.0 Å². The number of hydrogen-bond donors (Lipinski definition) is 3. The Morgan fingerprint density at radius 3 is 2.93 bits per heavy atom. The molecule has 0 radical (unpaired) electrons. The third kappa shape index (κ3) is 5.50. The van der Waals surface area contributed by atoms with Gasteiger partial charge in [0.2, 0.25) is 5.95 Å². The van der Waals surface area contributed by atoms with Crippen LogP contribution in [0.25, 0.3) is 0 Å². The number of rotatable bonds is 9. The summed E-state index contributed by atoms with van der Waals surface area (Å²) in [5.74, 6) is 2.82. The van der Waals surface area contributed by atoms with Crippen LogP contribution in [0.15, 0.2) is 53.6 Å². The lowest BCUT2D eigenvalue weighted by Crippen LogP contribution is -2.18. The van der Waals surface area contributed by atoms with E-state index in [1.54, 1.807) is 43.4 Å². The van der Waals surface area contributed by atoms with Crippen LogP contribution in [0.2, 0.25) is 0 Å². The average Bonchev–Trinajstić information content (AvgIpc) is 2.71. The predicted molar refractivity (Wildman–Crippen MR) is 111 cm³/mol. The molecule has 3 aromatic rings. The number of anilines is 1. The van der Waals surface area contributed by atoms with Gasteiger partial charge in [-0.2, -0.15) is 11.8 Å². The Morgan fingerprint density at radius 1 is 1.25 bits per heavy atom. The van der Waals surface area contributed by atoms with Crippen LogP contribution in [0, 0.1) is 0 Å². The zero-order chi connectivity index (χ0) is 19.8. The number of ether oxygens (including phenoxy) is 1. The Kier molecular flexibility index (Phi) is 6.91. The quantitative estimate of drug-likeness (QED) is 0.477. The van der Waals surface area contributed by atoms with Gasteiger partial charge in [0.25, 0.3) is 5.56 Å². The molecule has 0 amide bonds. The molecule has 2 heterocycles. The maximum Gasteiger partial charge on any atom is 0.255 e. The van der Waals surface area contributed by atoms with Crippen LogP contribution in [0.5, 0.6) is 11.5 Å². The van der Waals surface area contributed by atoms with Crippen LogP contribution in [-0.2, 0) is 12.2 Å². The number of benzene rings is 1. The average molecular weight is 398 g/mol. The summed E-state index contributed by atoms with van der Waals surface area (Å²) in [6, 6.07) is 10.9. The van der Waals surface area contributed by atoms with E-state index in [1.807, 2.05) is 24.3 Å². The fraction of sp³-hybridized carbons (Fsp3) is 0.250. The lowest BCUT2D eigenvalue weighted by Gasteiger charge is -2.07. The molecule has 146 valence electrons. The molecule has 0 saturated carbocycles. The molecule has 3 rings (SSSR count). The van der Waals surface area contributed by atoms with Crippen molar-refractivity contribution in [3.8, 4) is 11.5 Å². The number of H-pyrrole nitrogens is 1. The molecular formula is C20H22N4O3S. The van der Waals surface area contributed by atoms with Crippen molar-refractivity contribution in [2.45, 2.75) is 12.2 Å². The number of aromatic hydroxyl groups is 1. The molecule has 2 aromatic heterocycles. The summed E-state index contributed by atoms with van der Waals surface area (Å²) in [6.07, 6.45) is 3.75. The molecule has 8 heteroatoms. The van der Waals surface area contributed by atoms with Gasteiger partial charge >= 0.3 is 0 Å². The van der Waals surface area contributed by atoms with Crippen LogP contribution in [-0.4, -0.2) is 39.5 Å². The van der Waals surface area contributed by atoms with Gasteiger partial charge < -0.3 is 15.2 Å². The maximum atomic E-state index is 12.3. The van der Waals surface area contributed by atoms with E-state index in [0.717, 1.165) is 17.1 Å². The zero-order valence-corrected chi connectivity index (χ0v) is 16.3. The molecule has 0 fully saturated rings. The number of methoxy groups -OCH3 is 1. The number of thioether (sulfide) groups is 1. The highest BCUT2D eigenvalue weighted by molar-refractivity contribution is 7.98. The molecule has 1 aromatic carbocycles. The van der Waals surface area contributed by atoms with E-state index in [-0.39, 0.29) is 11.3 Å². The van der Waals surface area contributed by atoms with E-state index in [0.29, 0.717) is 35.9 Å². The Labute approximate surface area is 167 Å². The minimum atomic E-state index is -0.161. The molecule has 0 bridgehead atoms. The number of aromatic nitrogens is 3. The topological polar surface area (TPSA) is 100 Å². The lowest BCUT2D eigenvalue weighted by atomic mass is 10.1. The second-order valence-corrected chi connectivity index (χ2v) is 7.17. The van der Waals surface area contributed by atoms with E-state index < -0.39 is 0 Å². The largest absolute Gasteiger partial charge is 0.506 e. The van der Waals surface area contributed by atoms with Crippen molar-refractivity contribution >= 4 is 17.7 Å². The number of nitrogens with zero attached hydrogens (tertiary/aromatic N) is 2. The summed E-state index contributed by atoms with van der Waals surface area (Å²) in [5.41, 5.74) is 2.09. The van der Waals surface area contributed by atoms with Crippen molar-refractivity contribution in [3.05, 3.63) is 76.0 Å². The number of aromatic amines is 1. The van der Waals surface area contributed by atoms with Crippen molar-refractivity contribution in [3.63, 3.8) is 0 Å². The molecule has 28 heavy (non-hydrogen) atoms. The number of nitrogens with one attached hydrogen (secondary N) is 2. The highest BCUT2D eigenvalue weighted by Gasteiger charge is 2.06. The molecule has 0 unspecified atom stereocenters. The summed E-state index contributed by atoms with van der Waals surface area (Å²) >= 11 is 1.64. The zero-order valence-electron chi connectivity index (χ0n) is 15.5. The third-order valence-corrected chi connectivity index (χ3v) is 5.02.